The fraction of sp³-hybridized carbons (Fsp3) is 0.182. The lowest BCUT2D eigenvalue weighted by molar-refractivity contribution is 0.432. The largest absolute Gasteiger partial charge is 0.271 e. The molecule has 1 aromatic carbocycles. The third kappa shape index (κ3) is 2.24. The molecule has 0 aliphatic heterocycles. The molecule has 1 atom stereocenters. The number of aryl methyl sites for hydroxylation is 1. The summed E-state index contributed by atoms with van der Waals surface area (Å²) in [6.07, 6.45) is 0. The molecular weight excluding hydrogens is 263 g/mol. The fourth-order valence-corrected chi connectivity index (χ4v) is 2.25. The molecule has 0 saturated heterocycles. The number of nitrogens with one attached hydrogen (secondary N) is 1. The topological polar surface area (TPSA) is 50.9 Å². The molecule has 0 radical (unpaired) electrons. The molecule has 3 N–H and O–H groups in total. The van der Waals surface area contributed by atoms with Gasteiger partial charge in [0, 0.05) is 10.9 Å². The molecular formula is C11H10F3N3S. The van der Waals surface area contributed by atoms with Crippen LogP contribution in [0.1, 0.15) is 22.3 Å². The van der Waals surface area contributed by atoms with E-state index in [2.05, 4.69) is 10.4 Å². The lowest BCUT2D eigenvalue weighted by Gasteiger charge is -2.15. The highest BCUT2D eigenvalue weighted by molar-refractivity contribution is 7.09. The van der Waals surface area contributed by atoms with Crippen molar-refractivity contribution in [3.8, 4) is 0 Å². The second-order valence-corrected chi connectivity index (χ2v) is 4.72. The van der Waals surface area contributed by atoms with Crippen LogP contribution in [0.15, 0.2) is 17.5 Å². The average molecular weight is 273 g/mol. The highest BCUT2D eigenvalue weighted by atomic mass is 32.1. The standard InChI is InChI=1S/C11H10F3N3S/c1-5-16-8(4-18-5)11(17-15)6-2-3-7(12)10(14)9(6)13/h2-4,11,17H,15H2,1H3. The van der Waals surface area contributed by atoms with Gasteiger partial charge in [-0.2, -0.15) is 0 Å². The zero-order valence-corrected chi connectivity index (χ0v) is 10.2. The smallest absolute Gasteiger partial charge is 0.194 e. The van der Waals surface area contributed by atoms with Gasteiger partial charge in [0.15, 0.2) is 17.5 Å². The molecule has 3 nitrogen and oxygen atoms in total. The normalized spacial score (nSPS) is 12.7. The van der Waals surface area contributed by atoms with Gasteiger partial charge in [0.2, 0.25) is 0 Å². The van der Waals surface area contributed by atoms with E-state index in [4.69, 9.17) is 5.84 Å². The number of hydrogen-bond acceptors (Lipinski definition) is 4. The van der Waals surface area contributed by atoms with Crippen LogP contribution in [0.5, 0.6) is 0 Å². The molecule has 7 heteroatoms. The Bertz CT molecular complexity index is 571. The zero-order valence-electron chi connectivity index (χ0n) is 9.38. The Labute approximate surface area is 105 Å². The number of hydrazine groups is 1. The van der Waals surface area contributed by atoms with E-state index in [1.165, 1.54) is 11.3 Å². The number of rotatable bonds is 3. The predicted molar refractivity (Wildman–Crippen MR) is 62.3 cm³/mol. The number of nitrogens with two attached hydrogens (primary N) is 1. The van der Waals surface area contributed by atoms with Crippen LogP contribution in [0.2, 0.25) is 0 Å². The molecule has 1 unspecified atom stereocenters. The van der Waals surface area contributed by atoms with E-state index in [9.17, 15) is 13.2 Å². The lowest BCUT2D eigenvalue weighted by atomic mass is 10.0. The third-order valence-corrected chi connectivity index (χ3v) is 3.27. The Morgan fingerprint density at radius 3 is 2.56 bits per heavy atom. The van der Waals surface area contributed by atoms with Crippen molar-refractivity contribution in [1.82, 2.24) is 10.4 Å². The minimum Gasteiger partial charge on any atom is -0.271 e. The van der Waals surface area contributed by atoms with Crippen molar-refractivity contribution in [3.63, 3.8) is 0 Å². The Hall–Kier alpha value is -1.44. The number of aromatic nitrogens is 1. The maximum atomic E-state index is 13.7. The molecule has 96 valence electrons. The second-order valence-electron chi connectivity index (χ2n) is 3.66. The number of hydrogen-bond donors (Lipinski definition) is 2. The van der Waals surface area contributed by atoms with Crippen LogP contribution in [0.25, 0.3) is 0 Å². The van der Waals surface area contributed by atoms with Crippen molar-refractivity contribution >= 4 is 11.3 Å². The molecule has 0 fully saturated rings. The van der Waals surface area contributed by atoms with Crippen molar-refractivity contribution in [2.24, 2.45) is 5.84 Å². The molecule has 2 rings (SSSR count). The maximum absolute atomic E-state index is 13.7. The highest BCUT2D eigenvalue weighted by Gasteiger charge is 2.23. The van der Waals surface area contributed by atoms with Gasteiger partial charge >= 0.3 is 0 Å². The van der Waals surface area contributed by atoms with Gasteiger partial charge < -0.3 is 0 Å². The van der Waals surface area contributed by atoms with Crippen LogP contribution in [-0.2, 0) is 0 Å². The van der Waals surface area contributed by atoms with Gasteiger partial charge in [0.25, 0.3) is 0 Å². The Morgan fingerprint density at radius 1 is 1.28 bits per heavy atom. The second kappa shape index (κ2) is 5.05. The summed E-state index contributed by atoms with van der Waals surface area (Å²) in [4.78, 5) is 4.14. The van der Waals surface area contributed by atoms with E-state index in [1.807, 2.05) is 0 Å². The summed E-state index contributed by atoms with van der Waals surface area (Å²) in [5.41, 5.74) is 2.73. The summed E-state index contributed by atoms with van der Waals surface area (Å²) in [5, 5.41) is 2.45. The summed E-state index contributed by atoms with van der Waals surface area (Å²) >= 11 is 1.36. The van der Waals surface area contributed by atoms with Crippen LogP contribution in [0.4, 0.5) is 13.2 Å². The van der Waals surface area contributed by atoms with E-state index in [0.29, 0.717) is 5.69 Å². The summed E-state index contributed by atoms with van der Waals surface area (Å²) in [7, 11) is 0. The van der Waals surface area contributed by atoms with Crippen LogP contribution in [0.3, 0.4) is 0 Å². The number of nitrogens with zero attached hydrogens (tertiary/aromatic N) is 1. The van der Waals surface area contributed by atoms with Gasteiger partial charge in [-0.05, 0) is 13.0 Å². The van der Waals surface area contributed by atoms with Crippen LogP contribution in [-0.4, -0.2) is 4.98 Å². The monoisotopic (exact) mass is 273 g/mol. The SMILES string of the molecule is Cc1nc(C(NN)c2ccc(F)c(F)c2F)cs1. The highest BCUT2D eigenvalue weighted by Crippen LogP contribution is 2.27. The fourth-order valence-electron chi connectivity index (χ4n) is 1.61. The van der Waals surface area contributed by atoms with Crippen LogP contribution < -0.4 is 11.3 Å². The molecule has 2 aromatic rings. The zero-order chi connectivity index (χ0) is 13.3. The van der Waals surface area contributed by atoms with Crippen LogP contribution in [0, 0.1) is 24.4 Å². The number of benzene rings is 1. The van der Waals surface area contributed by atoms with Gasteiger partial charge in [-0.1, -0.05) is 6.07 Å². The first-order valence-corrected chi connectivity index (χ1v) is 5.94. The summed E-state index contributed by atoms with van der Waals surface area (Å²) in [6.45, 7) is 1.78. The van der Waals surface area contributed by atoms with Crippen molar-refractivity contribution < 1.29 is 13.2 Å². The molecule has 0 saturated carbocycles. The van der Waals surface area contributed by atoms with E-state index in [-0.39, 0.29) is 5.56 Å². The van der Waals surface area contributed by atoms with Gasteiger partial charge in [0.05, 0.1) is 16.7 Å². The van der Waals surface area contributed by atoms with Crippen molar-refractivity contribution in [1.29, 1.82) is 0 Å². The molecule has 18 heavy (non-hydrogen) atoms. The first kappa shape index (κ1) is 13.0. The molecule has 0 amide bonds. The minimum absolute atomic E-state index is 0.0818. The average Bonchev–Trinajstić information content (AvgIpc) is 2.77. The first-order chi connectivity index (χ1) is 8.54. The van der Waals surface area contributed by atoms with Gasteiger partial charge in [0.1, 0.15) is 0 Å². The maximum Gasteiger partial charge on any atom is 0.194 e. The molecule has 0 bridgehead atoms. The predicted octanol–water partition coefficient (Wildman–Crippen LogP) is 2.42. The van der Waals surface area contributed by atoms with Gasteiger partial charge in [-0.3, -0.25) is 5.84 Å². The van der Waals surface area contributed by atoms with Crippen LogP contribution >= 0.6 is 11.3 Å². The molecule has 1 heterocycles. The number of halogens is 3. The molecule has 1 aromatic heterocycles. The Kier molecular flexibility index (Phi) is 3.65. The summed E-state index contributed by atoms with van der Waals surface area (Å²) in [5.74, 6) is 1.33. The van der Waals surface area contributed by atoms with E-state index < -0.39 is 23.5 Å². The van der Waals surface area contributed by atoms with E-state index in [0.717, 1.165) is 17.1 Å². The van der Waals surface area contributed by atoms with Crippen molar-refractivity contribution in [2.45, 2.75) is 13.0 Å². The lowest BCUT2D eigenvalue weighted by Crippen LogP contribution is -2.30. The van der Waals surface area contributed by atoms with Gasteiger partial charge in [-0.25, -0.2) is 23.6 Å². The molecule has 0 aliphatic carbocycles. The van der Waals surface area contributed by atoms with E-state index >= 15 is 0 Å². The minimum atomic E-state index is -1.51. The number of thiazole rings is 1. The Morgan fingerprint density at radius 2 is 2.00 bits per heavy atom. The summed E-state index contributed by atoms with van der Waals surface area (Å²) in [6, 6.07) is 1.19. The van der Waals surface area contributed by atoms with Crippen molar-refractivity contribution in [3.05, 3.63) is 51.2 Å². The van der Waals surface area contributed by atoms with Gasteiger partial charge in [-0.15, -0.1) is 11.3 Å². The summed E-state index contributed by atoms with van der Waals surface area (Å²) < 4.78 is 39.7. The molecule has 0 aliphatic rings. The quantitative estimate of drug-likeness (QED) is 0.513. The van der Waals surface area contributed by atoms with Crippen molar-refractivity contribution in [2.75, 3.05) is 0 Å². The van der Waals surface area contributed by atoms with E-state index in [1.54, 1.807) is 12.3 Å². The molecule has 0 spiro atoms. The third-order valence-electron chi connectivity index (χ3n) is 2.48. The Balaban J connectivity index is 2.49. The first-order valence-electron chi connectivity index (χ1n) is 5.06.